The van der Waals surface area contributed by atoms with Crippen LogP contribution in [0.4, 0.5) is 5.69 Å². The van der Waals surface area contributed by atoms with Gasteiger partial charge in [-0.1, -0.05) is 13.0 Å². The highest BCUT2D eigenvalue weighted by Crippen LogP contribution is 2.25. The van der Waals surface area contributed by atoms with Gasteiger partial charge in [0.2, 0.25) is 0 Å². The predicted octanol–water partition coefficient (Wildman–Crippen LogP) is 3.22. The Kier molecular flexibility index (Phi) is 5.22. The van der Waals surface area contributed by atoms with Gasteiger partial charge in [0, 0.05) is 10.6 Å². The maximum Gasteiger partial charge on any atom is 0.257 e. The van der Waals surface area contributed by atoms with Gasteiger partial charge in [-0.2, -0.15) is 0 Å². The summed E-state index contributed by atoms with van der Waals surface area (Å²) in [6.07, 6.45) is 0.965. The van der Waals surface area contributed by atoms with Crippen LogP contribution in [-0.4, -0.2) is 12.5 Å². The van der Waals surface area contributed by atoms with Gasteiger partial charge in [0.25, 0.3) is 5.91 Å². The third kappa shape index (κ3) is 3.55. The van der Waals surface area contributed by atoms with E-state index in [-0.39, 0.29) is 5.91 Å². The Hall–Kier alpha value is -2.01. The number of thiophene rings is 1. The van der Waals surface area contributed by atoms with Crippen molar-refractivity contribution in [3.8, 4) is 5.75 Å². The maximum absolute atomic E-state index is 12.4. The molecule has 5 heteroatoms. The average molecular weight is 304 g/mol. The van der Waals surface area contributed by atoms with Gasteiger partial charge in [-0.3, -0.25) is 4.79 Å². The number of benzene rings is 1. The molecule has 1 aromatic heterocycles. The number of aryl methyl sites for hydroxylation is 1. The van der Waals surface area contributed by atoms with Crippen molar-refractivity contribution in [2.75, 3.05) is 12.3 Å². The Morgan fingerprint density at radius 3 is 2.86 bits per heavy atom. The summed E-state index contributed by atoms with van der Waals surface area (Å²) in [5.74, 6) is 0.323. The van der Waals surface area contributed by atoms with Crippen molar-refractivity contribution in [2.45, 2.75) is 26.8 Å². The number of hydrogen-bond donors (Lipinski definition) is 2. The fourth-order valence-corrected chi connectivity index (χ4v) is 3.07. The first kappa shape index (κ1) is 15.4. The second-order valence-electron chi connectivity index (χ2n) is 4.56. The van der Waals surface area contributed by atoms with E-state index in [4.69, 9.17) is 10.5 Å². The van der Waals surface area contributed by atoms with Crippen LogP contribution in [-0.2, 0) is 13.0 Å². The third-order valence-corrected chi connectivity index (χ3v) is 4.18. The first-order valence-electron chi connectivity index (χ1n) is 7.02. The smallest absolute Gasteiger partial charge is 0.257 e. The van der Waals surface area contributed by atoms with Gasteiger partial charge in [-0.05, 0) is 42.5 Å². The van der Waals surface area contributed by atoms with Crippen molar-refractivity contribution in [1.82, 2.24) is 5.32 Å². The van der Waals surface area contributed by atoms with Crippen LogP contribution in [0.3, 0.4) is 0 Å². The molecule has 0 aliphatic rings. The zero-order valence-corrected chi connectivity index (χ0v) is 13.1. The number of carbonyl (C=O) groups is 1. The molecule has 1 aromatic carbocycles. The first-order chi connectivity index (χ1) is 10.2. The largest absolute Gasteiger partial charge is 0.493 e. The summed E-state index contributed by atoms with van der Waals surface area (Å²) in [6, 6.07) is 7.34. The maximum atomic E-state index is 12.4. The minimum atomic E-state index is -0.202. The molecule has 0 radical (unpaired) electrons. The van der Waals surface area contributed by atoms with Crippen molar-refractivity contribution in [1.29, 1.82) is 0 Å². The lowest BCUT2D eigenvalue weighted by Crippen LogP contribution is -2.24. The highest BCUT2D eigenvalue weighted by atomic mass is 32.1. The number of rotatable bonds is 6. The quantitative estimate of drug-likeness (QED) is 0.805. The number of hydrogen-bond acceptors (Lipinski definition) is 4. The molecule has 4 nitrogen and oxygen atoms in total. The molecule has 0 bridgehead atoms. The molecule has 0 unspecified atom stereocenters. The number of anilines is 1. The fourth-order valence-electron chi connectivity index (χ4n) is 2.15. The van der Waals surface area contributed by atoms with Crippen LogP contribution in [0.15, 0.2) is 29.6 Å². The Morgan fingerprint density at radius 1 is 1.33 bits per heavy atom. The molecular weight excluding hydrogens is 284 g/mol. The number of carbonyl (C=O) groups excluding carboxylic acids is 1. The van der Waals surface area contributed by atoms with Crippen LogP contribution in [0, 0.1) is 0 Å². The summed E-state index contributed by atoms with van der Waals surface area (Å²) in [6.45, 7) is 4.99. The van der Waals surface area contributed by atoms with Crippen LogP contribution in [0.25, 0.3) is 0 Å². The molecule has 1 amide bonds. The topological polar surface area (TPSA) is 64.3 Å². The van der Waals surface area contributed by atoms with Crippen LogP contribution < -0.4 is 15.8 Å². The Bertz CT molecular complexity index is 622. The number of nitrogens with one attached hydrogen (secondary N) is 1. The second-order valence-corrected chi connectivity index (χ2v) is 5.56. The summed E-state index contributed by atoms with van der Waals surface area (Å²) in [5, 5.41) is 4.97. The van der Waals surface area contributed by atoms with Gasteiger partial charge in [-0.25, -0.2) is 0 Å². The predicted molar refractivity (Wildman–Crippen MR) is 86.9 cm³/mol. The zero-order chi connectivity index (χ0) is 15.2. The van der Waals surface area contributed by atoms with Crippen molar-refractivity contribution in [3.05, 3.63) is 45.6 Å². The SMILES string of the molecule is CCOc1cccc(N)c1C(=O)NCc1sccc1CC. The molecule has 0 spiro atoms. The summed E-state index contributed by atoms with van der Waals surface area (Å²) in [7, 11) is 0. The van der Waals surface area contributed by atoms with E-state index in [1.54, 1.807) is 29.5 Å². The summed E-state index contributed by atoms with van der Waals surface area (Å²) >= 11 is 1.65. The molecule has 21 heavy (non-hydrogen) atoms. The fraction of sp³-hybridized carbons (Fsp3) is 0.312. The van der Waals surface area contributed by atoms with Crippen LogP contribution in [0.1, 0.15) is 34.6 Å². The van der Waals surface area contributed by atoms with Gasteiger partial charge in [-0.15, -0.1) is 11.3 Å². The van der Waals surface area contributed by atoms with Gasteiger partial charge in [0.05, 0.1) is 13.2 Å². The van der Waals surface area contributed by atoms with Gasteiger partial charge < -0.3 is 15.8 Å². The summed E-state index contributed by atoms with van der Waals surface area (Å²) in [5.41, 5.74) is 8.03. The lowest BCUT2D eigenvalue weighted by molar-refractivity contribution is 0.0948. The Balaban J connectivity index is 2.13. The molecule has 0 aliphatic carbocycles. The zero-order valence-electron chi connectivity index (χ0n) is 12.3. The van der Waals surface area contributed by atoms with Gasteiger partial charge >= 0.3 is 0 Å². The molecule has 3 N–H and O–H groups in total. The van der Waals surface area contributed by atoms with Crippen LogP contribution >= 0.6 is 11.3 Å². The van der Waals surface area contributed by atoms with Crippen molar-refractivity contribution >= 4 is 22.9 Å². The minimum Gasteiger partial charge on any atom is -0.493 e. The third-order valence-electron chi connectivity index (χ3n) is 3.21. The van der Waals surface area contributed by atoms with Gasteiger partial charge in [0.1, 0.15) is 11.3 Å². The molecule has 1 heterocycles. The highest BCUT2D eigenvalue weighted by Gasteiger charge is 2.16. The number of nitrogens with two attached hydrogens (primary N) is 1. The minimum absolute atomic E-state index is 0.202. The van der Waals surface area contributed by atoms with Crippen LogP contribution in [0.2, 0.25) is 0 Å². The monoisotopic (exact) mass is 304 g/mol. The molecule has 0 saturated heterocycles. The van der Waals surface area contributed by atoms with Crippen molar-refractivity contribution in [2.24, 2.45) is 0 Å². The average Bonchev–Trinajstić information content (AvgIpc) is 2.93. The van der Waals surface area contributed by atoms with E-state index in [1.165, 1.54) is 10.4 Å². The summed E-state index contributed by atoms with van der Waals surface area (Å²) < 4.78 is 5.48. The molecule has 2 aromatic rings. The molecule has 0 atom stereocenters. The van der Waals surface area contributed by atoms with E-state index < -0.39 is 0 Å². The van der Waals surface area contributed by atoms with E-state index in [2.05, 4.69) is 18.3 Å². The Morgan fingerprint density at radius 2 is 2.14 bits per heavy atom. The Labute approximate surface area is 128 Å². The second kappa shape index (κ2) is 7.13. The lowest BCUT2D eigenvalue weighted by Gasteiger charge is -2.12. The molecular formula is C16H20N2O2S. The van der Waals surface area contributed by atoms with Gasteiger partial charge in [0.15, 0.2) is 0 Å². The standard InChI is InChI=1S/C16H20N2O2S/c1-3-11-8-9-21-14(11)10-18-16(19)15-12(17)6-5-7-13(15)20-4-2/h5-9H,3-4,10,17H2,1-2H3,(H,18,19). The molecule has 2 rings (SSSR count). The number of nitrogen functional groups attached to an aromatic ring is 1. The summed E-state index contributed by atoms with van der Waals surface area (Å²) in [4.78, 5) is 13.6. The molecule has 0 aliphatic heterocycles. The van der Waals surface area contributed by atoms with E-state index in [0.717, 1.165) is 6.42 Å². The lowest BCUT2D eigenvalue weighted by atomic mass is 10.1. The number of ether oxygens (including phenoxy) is 1. The highest BCUT2D eigenvalue weighted by molar-refractivity contribution is 7.10. The molecule has 112 valence electrons. The first-order valence-corrected chi connectivity index (χ1v) is 7.90. The normalized spacial score (nSPS) is 10.4. The van der Waals surface area contributed by atoms with E-state index >= 15 is 0 Å². The van der Waals surface area contributed by atoms with Crippen molar-refractivity contribution in [3.63, 3.8) is 0 Å². The van der Waals surface area contributed by atoms with E-state index in [9.17, 15) is 4.79 Å². The van der Waals surface area contributed by atoms with E-state index in [1.807, 2.05) is 12.3 Å². The molecule has 0 fully saturated rings. The van der Waals surface area contributed by atoms with Crippen molar-refractivity contribution < 1.29 is 9.53 Å². The molecule has 0 saturated carbocycles. The number of amides is 1. The van der Waals surface area contributed by atoms with E-state index in [0.29, 0.717) is 30.2 Å². The van der Waals surface area contributed by atoms with Crippen LogP contribution in [0.5, 0.6) is 5.75 Å².